The van der Waals surface area contributed by atoms with Gasteiger partial charge in [0.25, 0.3) is 5.91 Å². The van der Waals surface area contributed by atoms with Crippen LogP contribution in [0.25, 0.3) is 0 Å². The molecule has 2 N–H and O–H groups in total. The van der Waals surface area contributed by atoms with Gasteiger partial charge >= 0.3 is 0 Å². The minimum atomic E-state index is -0.281. The van der Waals surface area contributed by atoms with Crippen molar-refractivity contribution in [1.82, 2.24) is 0 Å². The molecule has 6 heteroatoms. The lowest BCUT2D eigenvalue weighted by atomic mass is 10.1. The summed E-state index contributed by atoms with van der Waals surface area (Å²) >= 11 is 0. The van der Waals surface area contributed by atoms with Gasteiger partial charge in [-0.2, -0.15) is 0 Å². The average molecular weight is 342 g/mol. The van der Waals surface area contributed by atoms with Crippen LogP contribution >= 0.6 is 0 Å². The fourth-order valence-corrected chi connectivity index (χ4v) is 2.23. The Hall–Kier alpha value is -3.02. The van der Waals surface area contributed by atoms with Crippen molar-refractivity contribution in [1.29, 1.82) is 0 Å². The molecule has 0 aliphatic carbocycles. The second-order valence-electron chi connectivity index (χ2n) is 5.40. The van der Waals surface area contributed by atoms with Gasteiger partial charge in [0.15, 0.2) is 6.61 Å². The predicted octanol–water partition coefficient (Wildman–Crippen LogP) is 3.37. The Labute approximate surface area is 147 Å². The van der Waals surface area contributed by atoms with E-state index < -0.39 is 0 Å². The molecule has 2 aromatic rings. The van der Waals surface area contributed by atoms with Crippen LogP contribution in [-0.2, 0) is 9.59 Å². The zero-order chi connectivity index (χ0) is 18.2. The number of rotatable bonds is 7. The summed E-state index contributed by atoms with van der Waals surface area (Å²) in [6.07, 6.45) is 0. The van der Waals surface area contributed by atoms with Crippen molar-refractivity contribution >= 4 is 23.2 Å². The first kappa shape index (κ1) is 18.3. The zero-order valence-corrected chi connectivity index (χ0v) is 14.6. The van der Waals surface area contributed by atoms with Gasteiger partial charge in [0.1, 0.15) is 11.5 Å². The van der Waals surface area contributed by atoms with Crippen molar-refractivity contribution in [3.8, 4) is 11.5 Å². The van der Waals surface area contributed by atoms with Gasteiger partial charge in [-0.25, -0.2) is 0 Å². The second-order valence-corrected chi connectivity index (χ2v) is 5.40. The predicted molar refractivity (Wildman–Crippen MR) is 97.2 cm³/mol. The number of amides is 2. The third-order valence-electron chi connectivity index (χ3n) is 3.42. The molecule has 6 nitrogen and oxygen atoms in total. The van der Waals surface area contributed by atoms with E-state index in [0.29, 0.717) is 23.7 Å². The summed E-state index contributed by atoms with van der Waals surface area (Å²) in [5, 5.41) is 5.51. The Bertz CT molecular complexity index is 742. The Morgan fingerprint density at radius 1 is 0.920 bits per heavy atom. The van der Waals surface area contributed by atoms with Crippen LogP contribution in [-0.4, -0.2) is 25.0 Å². The number of anilines is 2. The number of carbonyl (C=O) groups is 2. The molecule has 25 heavy (non-hydrogen) atoms. The van der Waals surface area contributed by atoms with E-state index in [1.165, 1.54) is 6.92 Å². The quantitative estimate of drug-likeness (QED) is 0.809. The molecule has 132 valence electrons. The van der Waals surface area contributed by atoms with Crippen molar-refractivity contribution in [2.45, 2.75) is 20.8 Å². The fourth-order valence-electron chi connectivity index (χ4n) is 2.23. The van der Waals surface area contributed by atoms with Gasteiger partial charge in [0.05, 0.1) is 6.61 Å². The number of benzene rings is 2. The Balaban J connectivity index is 1.93. The molecular formula is C19H22N2O4. The van der Waals surface area contributed by atoms with Crippen molar-refractivity contribution < 1.29 is 19.1 Å². The van der Waals surface area contributed by atoms with E-state index in [4.69, 9.17) is 9.47 Å². The highest BCUT2D eigenvalue weighted by atomic mass is 16.5. The van der Waals surface area contributed by atoms with E-state index >= 15 is 0 Å². The molecule has 0 unspecified atom stereocenters. The fraction of sp³-hybridized carbons (Fsp3) is 0.263. The molecule has 0 spiro atoms. The van der Waals surface area contributed by atoms with Gasteiger partial charge in [-0.3, -0.25) is 9.59 Å². The van der Waals surface area contributed by atoms with Crippen molar-refractivity contribution in [3.63, 3.8) is 0 Å². The minimum absolute atomic E-state index is 0.113. The number of ether oxygens (including phenoxy) is 2. The highest BCUT2D eigenvalue weighted by Gasteiger charge is 2.09. The molecule has 0 heterocycles. The monoisotopic (exact) mass is 342 g/mol. The van der Waals surface area contributed by atoms with E-state index in [9.17, 15) is 9.59 Å². The molecule has 0 atom stereocenters. The molecule has 0 bridgehead atoms. The molecule has 0 saturated heterocycles. The van der Waals surface area contributed by atoms with Crippen LogP contribution in [0.1, 0.15) is 19.4 Å². The van der Waals surface area contributed by atoms with E-state index in [0.717, 1.165) is 11.3 Å². The molecule has 0 aliphatic rings. The lowest BCUT2D eigenvalue weighted by Crippen LogP contribution is -2.21. The maximum absolute atomic E-state index is 12.1. The highest BCUT2D eigenvalue weighted by Crippen LogP contribution is 2.23. The number of carbonyl (C=O) groups excluding carboxylic acids is 2. The largest absolute Gasteiger partial charge is 0.494 e. The molecule has 2 rings (SSSR count). The van der Waals surface area contributed by atoms with Gasteiger partial charge in [-0.05, 0) is 55.8 Å². The minimum Gasteiger partial charge on any atom is -0.494 e. The SMILES string of the molecule is CCOc1ccc(OCC(=O)Nc2cccc(NC(C)=O)c2C)cc1. The van der Waals surface area contributed by atoms with Gasteiger partial charge < -0.3 is 20.1 Å². The van der Waals surface area contributed by atoms with Crippen LogP contribution in [0.2, 0.25) is 0 Å². The summed E-state index contributed by atoms with van der Waals surface area (Å²) in [5.41, 5.74) is 2.08. The van der Waals surface area contributed by atoms with E-state index in [1.807, 2.05) is 13.8 Å². The third kappa shape index (κ3) is 5.53. The van der Waals surface area contributed by atoms with Crippen LogP contribution in [0, 0.1) is 6.92 Å². The summed E-state index contributed by atoms with van der Waals surface area (Å²) in [7, 11) is 0. The van der Waals surface area contributed by atoms with Gasteiger partial charge in [-0.1, -0.05) is 6.07 Å². The molecule has 2 aromatic carbocycles. The Morgan fingerprint density at radius 2 is 1.48 bits per heavy atom. The van der Waals surface area contributed by atoms with Crippen LogP contribution in [0.15, 0.2) is 42.5 Å². The smallest absolute Gasteiger partial charge is 0.262 e. The van der Waals surface area contributed by atoms with Gasteiger partial charge in [0, 0.05) is 18.3 Å². The maximum atomic E-state index is 12.1. The first-order chi connectivity index (χ1) is 12.0. The molecule has 0 fully saturated rings. The first-order valence-corrected chi connectivity index (χ1v) is 8.02. The highest BCUT2D eigenvalue weighted by molar-refractivity contribution is 5.95. The molecule has 0 radical (unpaired) electrons. The van der Waals surface area contributed by atoms with Crippen molar-refractivity contribution in [2.24, 2.45) is 0 Å². The molecule has 2 amide bonds. The number of hydrogen-bond acceptors (Lipinski definition) is 4. The van der Waals surface area contributed by atoms with Crippen LogP contribution in [0.3, 0.4) is 0 Å². The summed E-state index contributed by atoms with van der Waals surface area (Å²) in [6.45, 7) is 5.67. The first-order valence-electron chi connectivity index (χ1n) is 8.02. The van der Waals surface area contributed by atoms with Crippen LogP contribution < -0.4 is 20.1 Å². The normalized spacial score (nSPS) is 10.0. The lowest BCUT2D eigenvalue weighted by Gasteiger charge is -2.13. The molecular weight excluding hydrogens is 320 g/mol. The van der Waals surface area contributed by atoms with Crippen molar-refractivity contribution in [2.75, 3.05) is 23.8 Å². The summed E-state index contributed by atoms with van der Waals surface area (Å²) in [5.74, 6) is 0.898. The molecule has 0 saturated carbocycles. The number of hydrogen-bond donors (Lipinski definition) is 2. The summed E-state index contributed by atoms with van der Waals surface area (Å²) < 4.78 is 10.8. The van der Waals surface area contributed by atoms with Gasteiger partial charge in [0.2, 0.25) is 5.91 Å². The van der Waals surface area contributed by atoms with Crippen molar-refractivity contribution in [3.05, 3.63) is 48.0 Å². The molecule has 0 aliphatic heterocycles. The standard InChI is InChI=1S/C19H22N2O4/c1-4-24-15-8-10-16(11-9-15)25-12-19(23)21-18-7-5-6-17(13(18)2)20-14(3)22/h5-11H,4,12H2,1-3H3,(H,20,22)(H,21,23). The van der Waals surface area contributed by atoms with Crippen LogP contribution in [0.5, 0.6) is 11.5 Å². The summed E-state index contributed by atoms with van der Waals surface area (Å²) in [6, 6.07) is 12.4. The lowest BCUT2D eigenvalue weighted by molar-refractivity contribution is -0.118. The average Bonchev–Trinajstić information content (AvgIpc) is 2.58. The van der Waals surface area contributed by atoms with E-state index in [2.05, 4.69) is 10.6 Å². The zero-order valence-electron chi connectivity index (χ0n) is 14.6. The molecule has 0 aromatic heterocycles. The van der Waals surface area contributed by atoms with Crippen LogP contribution in [0.4, 0.5) is 11.4 Å². The second kappa shape index (κ2) is 8.73. The number of nitrogens with one attached hydrogen (secondary N) is 2. The van der Waals surface area contributed by atoms with E-state index in [-0.39, 0.29) is 18.4 Å². The Kier molecular flexibility index (Phi) is 6.39. The maximum Gasteiger partial charge on any atom is 0.262 e. The summed E-state index contributed by atoms with van der Waals surface area (Å²) in [4.78, 5) is 23.3. The topological polar surface area (TPSA) is 76.7 Å². The van der Waals surface area contributed by atoms with E-state index in [1.54, 1.807) is 42.5 Å². The van der Waals surface area contributed by atoms with Gasteiger partial charge in [-0.15, -0.1) is 0 Å². The Morgan fingerprint density at radius 3 is 2.04 bits per heavy atom. The third-order valence-corrected chi connectivity index (χ3v) is 3.42.